The molecular formula is C12H12N2O2. The molecule has 4 heteroatoms. The molecule has 2 rings (SSSR count). The Morgan fingerprint density at radius 1 is 0.875 bits per heavy atom. The maximum absolute atomic E-state index is 5.10. The SMILES string of the molecule is C(=N\CC/N=C/c1ccco1)/c1ccco1. The van der Waals surface area contributed by atoms with Crippen LogP contribution in [0.4, 0.5) is 0 Å². The van der Waals surface area contributed by atoms with Crippen LogP contribution in [0.1, 0.15) is 11.5 Å². The monoisotopic (exact) mass is 216 g/mol. The van der Waals surface area contributed by atoms with Crippen molar-refractivity contribution < 1.29 is 8.83 Å². The predicted octanol–water partition coefficient (Wildman–Crippen LogP) is 2.41. The van der Waals surface area contributed by atoms with Gasteiger partial charge in [-0.15, -0.1) is 0 Å². The quantitative estimate of drug-likeness (QED) is 0.569. The van der Waals surface area contributed by atoms with E-state index in [-0.39, 0.29) is 0 Å². The van der Waals surface area contributed by atoms with Crippen molar-refractivity contribution in [3.05, 3.63) is 48.3 Å². The van der Waals surface area contributed by atoms with Crippen molar-refractivity contribution >= 4 is 12.4 Å². The Labute approximate surface area is 93.3 Å². The first-order valence-electron chi connectivity index (χ1n) is 5.02. The summed E-state index contributed by atoms with van der Waals surface area (Å²) in [5.41, 5.74) is 0. The summed E-state index contributed by atoms with van der Waals surface area (Å²) in [6, 6.07) is 7.37. The number of aliphatic imine (C=N–C) groups is 2. The molecule has 0 unspecified atom stereocenters. The van der Waals surface area contributed by atoms with Gasteiger partial charge in [0.2, 0.25) is 0 Å². The van der Waals surface area contributed by atoms with E-state index in [0.29, 0.717) is 13.1 Å². The first-order chi connectivity index (χ1) is 7.95. The Balaban J connectivity index is 1.69. The van der Waals surface area contributed by atoms with Crippen molar-refractivity contribution in [1.29, 1.82) is 0 Å². The fraction of sp³-hybridized carbons (Fsp3) is 0.167. The summed E-state index contributed by atoms with van der Waals surface area (Å²) in [4.78, 5) is 8.34. The third-order valence-corrected chi connectivity index (χ3v) is 1.88. The van der Waals surface area contributed by atoms with Gasteiger partial charge in [-0.2, -0.15) is 0 Å². The lowest BCUT2D eigenvalue weighted by atomic mass is 10.5. The highest BCUT2D eigenvalue weighted by Crippen LogP contribution is 1.96. The van der Waals surface area contributed by atoms with Gasteiger partial charge in [0.15, 0.2) is 0 Å². The fourth-order valence-electron chi connectivity index (χ4n) is 1.15. The minimum atomic E-state index is 0.637. The molecule has 0 aromatic carbocycles. The summed E-state index contributed by atoms with van der Waals surface area (Å²) in [5.74, 6) is 1.52. The lowest BCUT2D eigenvalue weighted by Gasteiger charge is -1.87. The third-order valence-electron chi connectivity index (χ3n) is 1.88. The van der Waals surface area contributed by atoms with Crippen LogP contribution in [0, 0.1) is 0 Å². The van der Waals surface area contributed by atoms with Crippen molar-refractivity contribution in [3.8, 4) is 0 Å². The summed E-state index contributed by atoms with van der Waals surface area (Å²) in [7, 11) is 0. The standard InChI is InChI=1S/C12H12N2O2/c1-3-11(15-7-1)9-13-5-6-14-10-12-4-2-8-16-12/h1-4,7-10H,5-6H2/b13-9+,14-10+. The minimum Gasteiger partial charge on any atom is -0.463 e. The van der Waals surface area contributed by atoms with Crippen molar-refractivity contribution in [1.82, 2.24) is 0 Å². The largest absolute Gasteiger partial charge is 0.463 e. The van der Waals surface area contributed by atoms with Gasteiger partial charge in [-0.1, -0.05) is 0 Å². The smallest absolute Gasteiger partial charge is 0.144 e. The Bertz CT molecular complexity index is 397. The van der Waals surface area contributed by atoms with Crippen molar-refractivity contribution in [3.63, 3.8) is 0 Å². The van der Waals surface area contributed by atoms with Gasteiger partial charge in [0.25, 0.3) is 0 Å². The Morgan fingerprint density at radius 2 is 1.38 bits per heavy atom. The molecule has 4 nitrogen and oxygen atoms in total. The van der Waals surface area contributed by atoms with Crippen LogP contribution in [0.25, 0.3) is 0 Å². The number of hydrogen-bond acceptors (Lipinski definition) is 4. The zero-order valence-electron chi connectivity index (χ0n) is 8.74. The Hall–Kier alpha value is -2.10. The number of furan rings is 2. The van der Waals surface area contributed by atoms with Crippen LogP contribution < -0.4 is 0 Å². The second kappa shape index (κ2) is 5.70. The molecule has 0 amide bonds. The van der Waals surface area contributed by atoms with E-state index in [2.05, 4.69) is 9.98 Å². The second-order valence-corrected chi connectivity index (χ2v) is 3.10. The highest BCUT2D eigenvalue weighted by atomic mass is 16.3. The normalized spacial score (nSPS) is 11.8. The molecule has 0 saturated heterocycles. The molecule has 2 aromatic rings. The molecule has 2 heterocycles. The molecule has 0 N–H and O–H groups in total. The van der Waals surface area contributed by atoms with Gasteiger partial charge >= 0.3 is 0 Å². The van der Waals surface area contributed by atoms with E-state index < -0.39 is 0 Å². The predicted molar refractivity (Wildman–Crippen MR) is 62.3 cm³/mol. The molecule has 16 heavy (non-hydrogen) atoms. The molecule has 0 aliphatic carbocycles. The highest BCUT2D eigenvalue weighted by molar-refractivity contribution is 5.76. The number of hydrogen-bond donors (Lipinski definition) is 0. The molecule has 0 aliphatic rings. The van der Waals surface area contributed by atoms with E-state index in [1.807, 2.05) is 24.3 Å². The van der Waals surface area contributed by atoms with Gasteiger partial charge in [0, 0.05) is 0 Å². The van der Waals surface area contributed by atoms with Gasteiger partial charge < -0.3 is 8.83 Å². The zero-order valence-corrected chi connectivity index (χ0v) is 8.74. The van der Waals surface area contributed by atoms with Gasteiger partial charge in [0.05, 0.1) is 38.0 Å². The lowest BCUT2D eigenvalue weighted by molar-refractivity contribution is 0.559. The highest BCUT2D eigenvalue weighted by Gasteiger charge is 1.88. The summed E-state index contributed by atoms with van der Waals surface area (Å²) in [5, 5.41) is 0. The van der Waals surface area contributed by atoms with Gasteiger partial charge in [-0.3, -0.25) is 9.98 Å². The summed E-state index contributed by atoms with van der Waals surface area (Å²) in [6.45, 7) is 1.27. The average Bonchev–Trinajstić information content (AvgIpc) is 2.96. The Kier molecular flexibility index (Phi) is 3.71. The maximum Gasteiger partial charge on any atom is 0.144 e. The fourth-order valence-corrected chi connectivity index (χ4v) is 1.15. The molecule has 0 fully saturated rings. The summed E-state index contributed by atoms with van der Waals surface area (Å²) >= 11 is 0. The van der Waals surface area contributed by atoms with Crippen LogP contribution in [-0.4, -0.2) is 25.5 Å². The van der Waals surface area contributed by atoms with E-state index in [1.165, 1.54) is 0 Å². The minimum absolute atomic E-state index is 0.637. The van der Waals surface area contributed by atoms with Crippen LogP contribution in [-0.2, 0) is 0 Å². The molecule has 0 radical (unpaired) electrons. The number of nitrogens with zero attached hydrogens (tertiary/aromatic N) is 2. The van der Waals surface area contributed by atoms with Crippen LogP contribution >= 0.6 is 0 Å². The van der Waals surface area contributed by atoms with Crippen LogP contribution in [0.3, 0.4) is 0 Å². The maximum atomic E-state index is 5.10. The molecule has 0 spiro atoms. The molecule has 0 aliphatic heterocycles. The summed E-state index contributed by atoms with van der Waals surface area (Å²) < 4.78 is 10.2. The second-order valence-electron chi connectivity index (χ2n) is 3.10. The van der Waals surface area contributed by atoms with Gasteiger partial charge in [-0.25, -0.2) is 0 Å². The van der Waals surface area contributed by atoms with Crippen molar-refractivity contribution in [2.45, 2.75) is 0 Å². The molecular weight excluding hydrogens is 204 g/mol. The molecule has 2 aromatic heterocycles. The third kappa shape index (κ3) is 3.24. The lowest BCUT2D eigenvalue weighted by Crippen LogP contribution is -1.88. The topological polar surface area (TPSA) is 51.0 Å². The van der Waals surface area contributed by atoms with E-state index in [0.717, 1.165) is 11.5 Å². The van der Waals surface area contributed by atoms with Gasteiger partial charge in [-0.05, 0) is 24.3 Å². The van der Waals surface area contributed by atoms with E-state index in [4.69, 9.17) is 8.83 Å². The van der Waals surface area contributed by atoms with Crippen LogP contribution in [0.5, 0.6) is 0 Å². The molecule has 0 saturated carbocycles. The van der Waals surface area contributed by atoms with E-state index in [1.54, 1.807) is 25.0 Å². The van der Waals surface area contributed by atoms with Crippen molar-refractivity contribution in [2.75, 3.05) is 13.1 Å². The average molecular weight is 216 g/mol. The van der Waals surface area contributed by atoms with Crippen LogP contribution in [0.15, 0.2) is 55.6 Å². The Morgan fingerprint density at radius 3 is 1.75 bits per heavy atom. The molecule has 0 atom stereocenters. The molecule has 0 bridgehead atoms. The first-order valence-corrected chi connectivity index (χ1v) is 5.02. The number of rotatable bonds is 5. The van der Waals surface area contributed by atoms with Gasteiger partial charge in [0.1, 0.15) is 11.5 Å². The zero-order chi connectivity index (χ0) is 11.1. The molecule has 82 valence electrons. The van der Waals surface area contributed by atoms with Crippen LogP contribution in [0.2, 0.25) is 0 Å². The first kappa shape index (κ1) is 10.4. The van der Waals surface area contributed by atoms with E-state index >= 15 is 0 Å². The van der Waals surface area contributed by atoms with Crippen molar-refractivity contribution in [2.24, 2.45) is 9.98 Å². The summed E-state index contributed by atoms with van der Waals surface area (Å²) in [6.07, 6.45) is 6.64. The van der Waals surface area contributed by atoms with E-state index in [9.17, 15) is 0 Å².